The summed E-state index contributed by atoms with van der Waals surface area (Å²) in [5.74, 6) is 0.262. The zero-order valence-electron chi connectivity index (χ0n) is 11.8. The van der Waals surface area contributed by atoms with Gasteiger partial charge in [-0.2, -0.15) is 0 Å². The Balaban J connectivity index is 2.68. The van der Waals surface area contributed by atoms with Gasteiger partial charge in [-0.3, -0.25) is 13.9 Å². The Hall–Kier alpha value is -1.78. The molecule has 0 fully saturated rings. The van der Waals surface area contributed by atoms with Crippen molar-refractivity contribution in [1.82, 2.24) is 14.1 Å². The molecule has 0 aromatic carbocycles. The zero-order valence-corrected chi connectivity index (χ0v) is 11.8. The summed E-state index contributed by atoms with van der Waals surface area (Å²) in [6.45, 7) is 7.20. The number of fused-ring (bicyclic) bond motifs is 1. The first-order valence-corrected chi connectivity index (χ1v) is 6.87. The smallest absolute Gasteiger partial charge is 0.331 e. The van der Waals surface area contributed by atoms with Gasteiger partial charge in [0.25, 0.3) is 5.56 Å². The predicted molar refractivity (Wildman–Crippen MR) is 76.6 cm³/mol. The third-order valence-electron chi connectivity index (χ3n) is 3.22. The van der Waals surface area contributed by atoms with Gasteiger partial charge in [0.05, 0.1) is 5.52 Å². The van der Waals surface area contributed by atoms with Gasteiger partial charge >= 0.3 is 5.69 Å². The van der Waals surface area contributed by atoms with Gasteiger partial charge in [-0.25, -0.2) is 4.79 Å². The lowest BCUT2D eigenvalue weighted by atomic mass is 10.2. The number of H-pyrrole nitrogens is 1. The van der Waals surface area contributed by atoms with Crippen LogP contribution in [0.2, 0.25) is 0 Å². The van der Waals surface area contributed by atoms with E-state index in [0.717, 1.165) is 12.8 Å². The summed E-state index contributed by atoms with van der Waals surface area (Å²) in [6.07, 6.45) is 3.66. The molecule has 104 valence electrons. The number of aromatic amines is 1. The van der Waals surface area contributed by atoms with Crippen molar-refractivity contribution in [1.29, 1.82) is 0 Å². The number of unbranched alkanes of at least 4 members (excludes halogenated alkanes) is 1. The molecule has 2 heterocycles. The van der Waals surface area contributed by atoms with Crippen LogP contribution in [0, 0.1) is 5.92 Å². The van der Waals surface area contributed by atoms with E-state index in [1.54, 1.807) is 16.8 Å². The lowest BCUT2D eigenvalue weighted by Crippen LogP contribution is -2.41. The standard InChI is InChI=1S/C14H21N3O2/c1-4-5-8-16-11-6-7-15-12(11)13(18)17(14(16)19)9-10(2)3/h6-7,10,15H,4-5,8-9H2,1-3H3. The summed E-state index contributed by atoms with van der Waals surface area (Å²) in [7, 11) is 0. The van der Waals surface area contributed by atoms with E-state index < -0.39 is 0 Å². The number of nitrogens with zero attached hydrogens (tertiary/aromatic N) is 2. The molecule has 0 aliphatic heterocycles. The van der Waals surface area contributed by atoms with E-state index in [2.05, 4.69) is 11.9 Å². The van der Waals surface area contributed by atoms with Crippen LogP contribution in [0.3, 0.4) is 0 Å². The Morgan fingerprint density at radius 3 is 2.63 bits per heavy atom. The van der Waals surface area contributed by atoms with E-state index in [1.165, 1.54) is 4.57 Å². The van der Waals surface area contributed by atoms with E-state index in [-0.39, 0.29) is 17.2 Å². The molecule has 0 aliphatic rings. The van der Waals surface area contributed by atoms with E-state index in [0.29, 0.717) is 24.1 Å². The van der Waals surface area contributed by atoms with Gasteiger partial charge in [0.15, 0.2) is 0 Å². The predicted octanol–water partition coefficient (Wildman–Crippen LogP) is 1.95. The molecule has 5 nitrogen and oxygen atoms in total. The third kappa shape index (κ3) is 2.50. The van der Waals surface area contributed by atoms with Crippen molar-refractivity contribution in [2.45, 2.75) is 46.7 Å². The number of rotatable bonds is 5. The molecule has 5 heteroatoms. The normalized spacial score (nSPS) is 11.6. The maximum absolute atomic E-state index is 12.5. The van der Waals surface area contributed by atoms with Crippen molar-refractivity contribution in [3.05, 3.63) is 33.1 Å². The van der Waals surface area contributed by atoms with Crippen molar-refractivity contribution in [3.8, 4) is 0 Å². The highest BCUT2D eigenvalue weighted by Crippen LogP contribution is 2.07. The first kappa shape index (κ1) is 13.6. The minimum atomic E-state index is -0.216. The fourth-order valence-electron chi connectivity index (χ4n) is 2.29. The second kappa shape index (κ2) is 5.47. The molecule has 0 aliphatic carbocycles. The second-order valence-corrected chi connectivity index (χ2v) is 5.34. The van der Waals surface area contributed by atoms with Gasteiger partial charge in [0, 0.05) is 19.3 Å². The summed E-state index contributed by atoms with van der Waals surface area (Å²) >= 11 is 0. The van der Waals surface area contributed by atoms with Crippen LogP contribution in [0.15, 0.2) is 21.9 Å². The monoisotopic (exact) mass is 263 g/mol. The van der Waals surface area contributed by atoms with Gasteiger partial charge < -0.3 is 4.98 Å². The van der Waals surface area contributed by atoms with E-state index in [9.17, 15) is 9.59 Å². The van der Waals surface area contributed by atoms with Crippen molar-refractivity contribution >= 4 is 11.0 Å². The average Bonchev–Trinajstić information content (AvgIpc) is 2.83. The molecular formula is C14H21N3O2. The van der Waals surface area contributed by atoms with Crippen LogP contribution in [0.25, 0.3) is 11.0 Å². The van der Waals surface area contributed by atoms with Gasteiger partial charge in [-0.05, 0) is 18.4 Å². The molecule has 0 atom stereocenters. The van der Waals surface area contributed by atoms with Gasteiger partial charge in [-0.15, -0.1) is 0 Å². The Kier molecular flexibility index (Phi) is 3.93. The fourth-order valence-corrected chi connectivity index (χ4v) is 2.29. The van der Waals surface area contributed by atoms with Gasteiger partial charge in [0.2, 0.25) is 0 Å². The quantitative estimate of drug-likeness (QED) is 0.896. The van der Waals surface area contributed by atoms with E-state index >= 15 is 0 Å². The summed E-state index contributed by atoms with van der Waals surface area (Å²) < 4.78 is 3.05. The number of hydrogen-bond donors (Lipinski definition) is 1. The van der Waals surface area contributed by atoms with Crippen molar-refractivity contribution in [3.63, 3.8) is 0 Å². The largest absolute Gasteiger partial charge is 0.355 e. The summed E-state index contributed by atoms with van der Waals surface area (Å²) in [4.78, 5) is 27.7. The van der Waals surface area contributed by atoms with Crippen LogP contribution < -0.4 is 11.2 Å². The van der Waals surface area contributed by atoms with E-state index in [4.69, 9.17) is 0 Å². The highest BCUT2D eigenvalue weighted by atomic mass is 16.2. The topological polar surface area (TPSA) is 59.8 Å². The van der Waals surface area contributed by atoms with Crippen molar-refractivity contribution < 1.29 is 0 Å². The zero-order chi connectivity index (χ0) is 14.0. The van der Waals surface area contributed by atoms with Gasteiger partial charge in [-0.1, -0.05) is 27.2 Å². The first-order valence-electron chi connectivity index (χ1n) is 6.87. The molecule has 2 rings (SSSR count). The van der Waals surface area contributed by atoms with Crippen LogP contribution in [-0.4, -0.2) is 14.1 Å². The third-order valence-corrected chi connectivity index (χ3v) is 3.22. The Labute approximate surface area is 111 Å². The van der Waals surface area contributed by atoms with Crippen LogP contribution in [0.5, 0.6) is 0 Å². The van der Waals surface area contributed by atoms with Crippen LogP contribution in [0.1, 0.15) is 33.6 Å². The fraction of sp³-hybridized carbons (Fsp3) is 0.571. The maximum Gasteiger partial charge on any atom is 0.331 e. The molecule has 0 radical (unpaired) electrons. The molecule has 2 aromatic heterocycles. The minimum absolute atomic E-state index is 0.195. The number of aryl methyl sites for hydroxylation is 1. The average molecular weight is 263 g/mol. The molecule has 0 bridgehead atoms. The number of aromatic nitrogens is 3. The molecule has 2 aromatic rings. The summed E-state index contributed by atoms with van der Waals surface area (Å²) in [5, 5.41) is 0. The van der Waals surface area contributed by atoms with Crippen LogP contribution in [0.4, 0.5) is 0 Å². The number of hydrogen-bond acceptors (Lipinski definition) is 2. The molecule has 0 unspecified atom stereocenters. The van der Waals surface area contributed by atoms with E-state index in [1.807, 2.05) is 13.8 Å². The van der Waals surface area contributed by atoms with Gasteiger partial charge in [0.1, 0.15) is 5.52 Å². The van der Waals surface area contributed by atoms with Crippen LogP contribution >= 0.6 is 0 Å². The molecule has 0 saturated heterocycles. The molecule has 0 saturated carbocycles. The lowest BCUT2D eigenvalue weighted by Gasteiger charge is -2.13. The maximum atomic E-state index is 12.5. The molecular weight excluding hydrogens is 242 g/mol. The molecule has 1 N–H and O–H groups in total. The Bertz CT molecular complexity index is 676. The lowest BCUT2D eigenvalue weighted by molar-refractivity contribution is 0.472. The summed E-state index contributed by atoms with van der Waals surface area (Å²) in [6, 6.07) is 1.80. The summed E-state index contributed by atoms with van der Waals surface area (Å²) in [5.41, 5.74) is 0.825. The first-order chi connectivity index (χ1) is 9.06. The highest BCUT2D eigenvalue weighted by Gasteiger charge is 2.14. The minimum Gasteiger partial charge on any atom is -0.355 e. The van der Waals surface area contributed by atoms with Crippen molar-refractivity contribution in [2.24, 2.45) is 5.92 Å². The molecule has 0 amide bonds. The van der Waals surface area contributed by atoms with Crippen molar-refractivity contribution in [2.75, 3.05) is 0 Å². The number of nitrogens with one attached hydrogen (secondary N) is 1. The molecule has 0 spiro atoms. The SMILES string of the molecule is CCCCn1c(=O)n(CC(C)C)c(=O)c2[nH]ccc21. The molecule has 19 heavy (non-hydrogen) atoms. The highest BCUT2D eigenvalue weighted by molar-refractivity contribution is 5.74. The second-order valence-electron chi connectivity index (χ2n) is 5.34. The van der Waals surface area contributed by atoms with Crippen LogP contribution in [-0.2, 0) is 13.1 Å². The Morgan fingerprint density at radius 2 is 2.00 bits per heavy atom. The Morgan fingerprint density at radius 1 is 1.26 bits per heavy atom.